The summed E-state index contributed by atoms with van der Waals surface area (Å²) < 4.78 is 16.8. The van der Waals surface area contributed by atoms with Crippen molar-refractivity contribution in [2.45, 2.75) is 18.6 Å². The van der Waals surface area contributed by atoms with E-state index in [1.165, 1.54) is 12.1 Å². The monoisotopic (exact) mass is 387 g/mol. The average Bonchev–Trinajstić information content (AvgIpc) is 3.02. The molecule has 0 saturated heterocycles. The molecule has 2 aromatic heterocycles. The summed E-state index contributed by atoms with van der Waals surface area (Å²) in [5.41, 5.74) is 0.424. The van der Waals surface area contributed by atoms with Crippen molar-refractivity contribution in [2.75, 3.05) is 11.1 Å². The normalized spacial score (nSPS) is 10.8. The van der Waals surface area contributed by atoms with E-state index in [1.54, 1.807) is 46.6 Å². The van der Waals surface area contributed by atoms with E-state index in [0.717, 1.165) is 11.8 Å². The molecular formula is C18H18FN5O2S. The molecule has 1 amide bonds. The minimum atomic E-state index is -0.493. The van der Waals surface area contributed by atoms with Crippen molar-refractivity contribution < 1.29 is 9.18 Å². The molecule has 0 radical (unpaired) electrons. The van der Waals surface area contributed by atoms with E-state index in [-0.39, 0.29) is 22.9 Å². The molecule has 0 aliphatic rings. The second-order valence-corrected chi connectivity index (χ2v) is 6.64. The largest absolute Gasteiger partial charge is 0.323 e. The van der Waals surface area contributed by atoms with Gasteiger partial charge in [-0.2, -0.15) is 0 Å². The second kappa shape index (κ2) is 8.17. The third-order valence-electron chi connectivity index (χ3n) is 3.92. The van der Waals surface area contributed by atoms with Gasteiger partial charge in [0.2, 0.25) is 5.91 Å². The lowest BCUT2D eigenvalue weighted by Crippen LogP contribution is -2.20. The van der Waals surface area contributed by atoms with Crippen LogP contribution in [0.5, 0.6) is 0 Å². The Morgan fingerprint density at radius 2 is 2.00 bits per heavy atom. The highest BCUT2D eigenvalue weighted by Gasteiger charge is 2.16. The van der Waals surface area contributed by atoms with Gasteiger partial charge in [-0.15, -0.1) is 10.2 Å². The number of para-hydroxylation sites is 1. The maximum Gasteiger partial charge on any atom is 0.261 e. The zero-order valence-electron chi connectivity index (χ0n) is 14.8. The van der Waals surface area contributed by atoms with Crippen molar-refractivity contribution in [1.29, 1.82) is 0 Å². The number of carbonyl (C=O) groups excluding carboxylic acids is 1. The summed E-state index contributed by atoms with van der Waals surface area (Å²) in [4.78, 5) is 24.5. The van der Waals surface area contributed by atoms with Gasteiger partial charge in [-0.1, -0.05) is 23.9 Å². The first-order valence-corrected chi connectivity index (χ1v) is 9.26. The minimum Gasteiger partial charge on any atom is -0.323 e. The van der Waals surface area contributed by atoms with E-state index in [4.69, 9.17) is 0 Å². The number of anilines is 1. The standard InChI is InChI=1S/C18H18FN5O2S/c1-3-24-10-6-7-12(17(24)26)16-21-22-18(23(16)2)27-11-15(25)20-14-9-5-4-8-13(14)19/h4-10H,3,11H2,1-2H3,(H,20,25). The molecule has 0 bridgehead atoms. The second-order valence-electron chi connectivity index (χ2n) is 5.69. The van der Waals surface area contributed by atoms with Crippen molar-refractivity contribution in [1.82, 2.24) is 19.3 Å². The Hall–Kier alpha value is -2.94. The topological polar surface area (TPSA) is 81.8 Å². The van der Waals surface area contributed by atoms with E-state index in [2.05, 4.69) is 15.5 Å². The number of halogens is 1. The first kappa shape index (κ1) is 18.8. The van der Waals surface area contributed by atoms with E-state index >= 15 is 0 Å². The number of amides is 1. The van der Waals surface area contributed by atoms with Crippen molar-refractivity contribution in [3.63, 3.8) is 0 Å². The molecule has 27 heavy (non-hydrogen) atoms. The molecule has 1 N–H and O–H groups in total. The Morgan fingerprint density at radius 3 is 2.74 bits per heavy atom. The number of hydrogen-bond acceptors (Lipinski definition) is 5. The predicted molar refractivity (Wildman–Crippen MR) is 102 cm³/mol. The molecule has 3 rings (SSSR count). The number of nitrogens with zero attached hydrogens (tertiary/aromatic N) is 4. The van der Waals surface area contributed by atoms with Gasteiger partial charge in [-0.05, 0) is 31.2 Å². The summed E-state index contributed by atoms with van der Waals surface area (Å²) in [5, 5.41) is 11.1. The number of benzene rings is 1. The van der Waals surface area contributed by atoms with Crippen molar-refractivity contribution in [3.8, 4) is 11.4 Å². The Labute approximate surface area is 159 Å². The van der Waals surface area contributed by atoms with Gasteiger partial charge < -0.3 is 14.5 Å². The molecule has 0 saturated carbocycles. The van der Waals surface area contributed by atoms with E-state index in [9.17, 15) is 14.0 Å². The van der Waals surface area contributed by atoms with Crippen LogP contribution in [0.3, 0.4) is 0 Å². The Bertz CT molecular complexity index is 1030. The molecule has 0 fully saturated rings. The summed E-state index contributed by atoms with van der Waals surface area (Å²) in [7, 11) is 1.73. The Kier molecular flexibility index (Phi) is 5.70. The van der Waals surface area contributed by atoms with Crippen LogP contribution in [0.2, 0.25) is 0 Å². The number of nitrogens with one attached hydrogen (secondary N) is 1. The SMILES string of the molecule is CCn1cccc(-c2nnc(SCC(=O)Nc3ccccc3F)n2C)c1=O. The lowest BCUT2D eigenvalue weighted by atomic mass is 10.2. The third kappa shape index (κ3) is 4.08. The molecular weight excluding hydrogens is 369 g/mol. The van der Waals surface area contributed by atoms with Crippen LogP contribution >= 0.6 is 11.8 Å². The molecule has 0 atom stereocenters. The maximum absolute atomic E-state index is 13.6. The number of carbonyl (C=O) groups is 1. The molecule has 2 heterocycles. The molecule has 9 heteroatoms. The minimum absolute atomic E-state index is 0.0360. The van der Waals surface area contributed by atoms with Crippen LogP contribution in [-0.2, 0) is 18.4 Å². The summed E-state index contributed by atoms with van der Waals surface area (Å²) in [6.45, 7) is 2.44. The van der Waals surface area contributed by atoms with Gasteiger partial charge in [0, 0.05) is 19.8 Å². The van der Waals surface area contributed by atoms with Crippen LogP contribution in [0.25, 0.3) is 11.4 Å². The molecule has 0 aliphatic carbocycles. The predicted octanol–water partition coefficient (Wildman–Crippen LogP) is 2.53. The number of hydrogen-bond donors (Lipinski definition) is 1. The van der Waals surface area contributed by atoms with Crippen LogP contribution < -0.4 is 10.9 Å². The number of rotatable bonds is 6. The fraction of sp³-hybridized carbons (Fsp3) is 0.222. The van der Waals surface area contributed by atoms with Crippen LogP contribution in [-0.4, -0.2) is 31.0 Å². The third-order valence-corrected chi connectivity index (χ3v) is 4.94. The lowest BCUT2D eigenvalue weighted by Gasteiger charge is -2.07. The summed E-state index contributed by atoms with van der Waals surface area (Å²) >= 11 is 1.16. The van der Waals surface area contributed by atoms with E-state index in [0.29, 0.717) is 23.1 Å². The quantitative estimate of drug-likeness (QED) is 0.658. The van der Waals surface area contributed by atoms with Crippen LogP contribution in [0.1, 0.15) is 6.92 Å². The maximum atomic E-state index is 13.6. The molecule has 7 nitrogen and oxygen atoms in total. The molecule has 0 spiro atoms. The molecule has 3 aromatic rings. The molecule has 0 unspecified atom stereocenters. The zero-order chi connectivity index (χ0) is 19.4. The van der Waals surface area contributed by atoms with Gasteiger partial charge in [0.15, 0.2) is 11.0 Å². The zero-order valence-corrected chi connectivity index (χ0v) is 15.7. The smallest absolute Gasteiger partial charge is 0.261 e. The van der Waals surface area contributed by atoms with Crippen LogP contribution in [0, 0.1) is 5.82 Å². The Morgan fingerprint density at radius 1 is 1.22 bits per heavy atom. The number of pyridine rings is 1. The van der Waals surface area contributed by atoms with Gasteiger partial charge in [0.25, 0.3) is 5.56 Å². The highest BCUT2D eigenvalue weighted by molar-refractivity contribution is 7.99. The van der Waals surface area contributed by atoms with Crippen molar-refractivity contribution >= 4 is 23.4 Å². The first-order chi connectivity index (χ1) is 13.0. The van der Waals surface area contributed by atoms with Gasteiger partial charge >= 0.3 is 0 Å². The Balaban J connectivity index is 1.72. The van der Waals surface area contributed by atoms with Crippen molar-refractivity contribution in [2.24, 2.45) is 7.05 Å². The number of aromatic nitrogens is 4. The first-order valence-electron chi connectivity index (χ1n) is 8.27. The van der Waals surface area contributed by atoms with Crippen LogP contribution in [0.15, 0.2) is 52.5 Å². The average molecular weight is 387 g/mol. The molecule has 140 valence electrons. The highest BCUT2D eigenvalue weighted by atomic mass is 32.2. The van der Waals surface area contributed by atoms with Gasteiger partial charge in [-0.25, -0.2) is 4.39 Å². The fourth-order valence-electron chi connectivity index (χ4n) is 2.51. The number of thioether (sulfide) groups is 1. The fourth-order valence-corrected chi connectivity index (χ4v) is 3.22. The van der Waals surface area contributed by atoms with E-state index in [1.807, 2.05) is 6.92 Å². The van der Waals surface area contributed by atoms with E-state index < -0.39 is 5.82 Å². The van der Waals surface area contributed by atoms with Gasteiger partial charge in [-0.3, -0.25) is 9.59 Å². The van der Waals surface area contributed by atoms with Crippen LogP contribution in [0.4, 0.5) is 10.1 Å². The van der Waals surface area contributed by atoms with Crippen molar-refractivity contribution in [3.05, 3.63) is 58.8 Å². The highest BCUT2D eigenvalue weighted by Crippen LogP contribution is 2.21. The number of aryl methyl sites for hydroxylation is 1. The summed E-state index contributed by atoms with van der Waals surface area (Å²) in [6.07, 6.45) is 1.71. The van der Waals surface area contributed by atoms with Gasteiger partial charge in [0.05, 0.1) is 17.0 Å². The molecule has 1 aromatic carbocycles. The summed E-state index contributed by atoms with van der Waals surface area (Å²) in [5.74, 6) is -0.385. The lowest BCUT2D eigenvalue weighted by molar-refractivity contribution is -0.113. The molecule has 0 aliphatic heterocycles. The summed E-state index contributed by atoms with van der Waals surface area (Å²) in [6, 6.07) is 9.44. The van der Waals surface area contributed by atoms with Gasteiger partial charge in [0.1, 0.15) is 5.82 Å².